The van der Waals surface area contributed by atoms with Gasteiger partial charge in [0.15, 0.2) is 0 Å². The van der Waals surface area contributed by atoms with Crippen LogP contribution in [0.2, 0.25) is 5.02 Å². The molecule has 8 heteroatoms. The van der Waals surface area contributed by atoms with Crippen molar-refractivity contribution >= 4 is 45.3 Å². The van der Waals surface area contributed by atoms with Crippen molar-refractivity contribution in [2.24, 2.45) is 5.41 Å². The van der Waals surface area contributed by atoms with E-state index in [1.807, 2.05) is 0 Å². The van der Waals surface area contributed by atoms with Gasteiger partial charge in [-0.25, -0.2) is 0 Å². The Morgan fingerprint density at radius 2 is 1.71 bits per heavy atom. The van der Waals surface area contributed by atoms with Crippen molar-refractivity contribution < 1.29 is 28.6 Å². The van der Waals surface area contributed by atoms with Crippen LogP contribution in [0.15, 0.2) is 24.3 Å². The first-order valence-corrected chi connectivity index (χ1v) is 8.12. The summed E-state index contributed by atoms with van der Waals surface area (Å²) in [5.41, 5.74) is -1.21. The van der Waals surface area contributed by atoms with E-state index in [2.05, 4.69) is 20.7 Å². The number of benzene rings is 1. The van der Waals surface area contributed by atoms with Crippen LogP contribution in [0, 0.1) is 5.41 Å². The molecule has 0 aliphatic rings. The third-order valence-electron chi connectivity index (χ3n) is 3.04. The van der Waals surface area contributed by atoms with Gasteiger partial charge in [0.05, 0.1) is 13.5 Å². The number of halogens is 2. The number of carbonyl (C=O) groups is 3. The van der Waals surface area contributed by atoms with Crippen LogP contribution in [0.5, 0.6) is 5.75 Å². The molecule has 1 unspecified atom stereocenters. The second-order valence-corrected chi connectivity index (χ2v) is 7.13. The highest BCUT2D eigenvalue weighted by Crippen LogP contribution is 2.36. The molecular weight excluding hydrogens is 404 g/mol. The lowest BCUT2D eigenvalue weighted by Crippen LogP contribution is -2.49. The zero-order valence-electron chi connectivity index (χ0n) is 13.7. The van der Waals surface area contributed by atoms with Gasteiger partial charge >= 0.3 is 16.6 Å². The van der Waals surface area contributed by atoms with Crippen LogP contribution in [-0.4, -0.2) is 29.5 Å². The first kappa shape index (κ1) is 20.4. The number of hydrogen-bond acceptors (Lipinski definition) is 6. The fraction of sp³-hybridized carbons (Fsp3) is 0.438. The SMILES string of the molecule is COC(=O)CC(C)(C)C(=O)C(Br)(OC(C)=O)Oc1ccc(Cl)cc1. The van der Waals surface area contributed by atoms with Crippen LogP contribution >= 0.6 is 27.5 Å². The summed E-state index contributed by atoms with van der Waals surface area (Å²) in [6, 6.07) is 6.15. The molecule has 0 aliphatic heterocycles. The molecule has 132 valence electrons. The van der Waals surface area contributed by atoms with Crippen molar-refractivity contribution in [2.45, 2.75) is 31.9 Å². The minimum atomic E-state index is -2.08. The quantitative estimate of drug-likeness (QED) is 0.381. The molecule has 0 N–H and O–H groups in total. The number of hydrogen-bond donors (Lipinski definition) is 0. The topological polar surface area (TPSA) is 78.9 Å². The van der Waals surface area contributed by atoms with Crippen molar-refractivity contribution in [3.8, 4) is 5.75 Å². The predicted molar refractivity (Wildman–Crippen MR) is 90.9 cm³/mol. The monoisotopic (exact) mass is 420 g/mol. The third kappa shape index (κ3) is 5.49. The van der Waals surface area contributed by atoms with Gasteiger partial charge in [-0.1, -0.05) is 25.4 Å². The Bertz CT molecular complexity index is 628. The fourth-order valence-corrected chi connectivity index (χ4v) is 2.95. The summed E-state index contributed by atoms with van der Waals surface area (Å²) in [5.74, 6) is -1.70. The molecule has 0 heterocycles. The van der Waals surface area contributed by atoms with Gasteiger partial charge in [-0.3, -0.25) is 14.4 Å². The van der Waals surface area contributed by atoms with E-state index < -0.39 is 27.8 Å². The molecule has 0 bridgehead atoms. The maximum absolute atomic E-state index is 12.9. The highest BCUT2D eigenvalue weighted by Gasteiger charge is 2.50. The largest absolute Gasteiger partial charge is 0.469 e. The first-order valence-electron chi connectivity index (χ1n) is 6.95. The Labute approximate surface area is 153 Å². The maximum Gasteiger partial charge on any atom is 0.373 e. The van der Waals surface area contributed by atoms with Gasteiger partial charge in [0.2, 0.25) is 5.78 Å². The van der Waals surface area contributed by atoms with Gasteiger partial charge in [-0.05, 0) is 24.3 Å². The van der Waals surface area contributed by atoms with Crippen molar-refractivity contribution in [3.05, 3.63) is 29.3 Å². The molecule has 0 radical (unpaired) electrons. The molecule has 0 fully saturated rings. The van der Waals surface area contributed by atoms with E-state index in [1.165, 1.54) is 33.1 Å². The number of Topliss-reactive ketones (excluding diaryl/α,β-unsaturated/α-hetero) is 1. The number of esters is 2. The number of ketones is 1. The molecule has 1 rings (SSSR count). The van der Waals surface area contributed by atoms with Crippen molar-refractivity contribution in [3.63, 3.8) is 0 Å². The second-order valence-electron chi connectivity index (χ2n) is 5.65. The third-order valence-corrected chi connectivity index (χ3v) is 3.97. The van der Waals surface area contributed by atoms with Crippen LogP contribution < -0.4 is 4.74 Å². The highest BCUT2D eigenvalue weighted by atomic mass is 79.9. The molecule has 1 atom stereocenters. The van der Waals surface area contributed by atoms with Crippen molar-refractivity contribution in [1.29, 1.82) is 0 Å². The molecule has 0 aromatic heterocycles. The molecule has 0 aliphatic carbocycles. The molecule has 0 saturated heterocycles. The van der Waals surface area contributed by atoms with Crippen LogP contribution in [0.1, 0.15) is 27.2 Å². The first-order chi connectivity index (χ1) is 11.0. The van der Waals surface area contributed by atoms with E-state index in [9.17, 15) is 14.4 Å². The maximum atomic E-state index is 12.9. The lowest BCUT2D eigenvalue weighted by atomic mass is 9.84. The zero-order chi connectivity index (χ0) is 18.5. The summed E-state index contributed by atoms with van der Waals surface area (Å²) < 4.78 is 13.1. The summed E-state index contributed by atoms with van der Waals surface area (Å²) in [4.78, 5) is 35.8. The minimum Gasteiger partial charge on any atom is -0.469 e. The van der Waals surface area contributed by atoms with Gasteiger partial charge in [0.1, 0.15) is 5.75 Å². The summed E-state index contributed by atoms with van der Waals surface area (Å²) in [5, 5.41) is 0.479. The molecular formula is C16H18BrClO6. The van der Waals surface area contributed by atoms with Crippen LogP contribution in [0.3, 0.4) is 0 Å². The number of ether oxygens (including phenoxy) is 3. The fourth-order valence-electron chi connectivity index (χ4n) is 1.87. The predicted octanol–water partition coefficient (Wildman–Crippen LogP) is 3.49. The molecule has 6 nitrogen and oxygen atoms in total. The van der Waals surface area contributed by atoms with Gasteiger partial charge in [-0.2, -0.15) is 0 Å². The smallest absolute Gasteiger partial charge is 0.373 e. The van der Waals surface area contributed by atoms with E-state index in [0.717, 1.165) is 6.92 Å². The molecule has 1 aromatic rings. The Kier molecular flexibility index (Phi) is 6.80. The molecule has 0 amide bonds. The van der Waals surface area contributed by atoms with Gasteiger partial charge in [-0.15, -0.1) is 0 Å². The summed E-state index contributed by atoms with van der Waals surface area (Å²) in [7, 11) is 1.22. The molecule has 1 aromatic carbocycles. The normalized spacial score (nSPS) is 13.6. The van der Waals surface area contributed by atoms with Crippen LogP contribution in [0.4, 0.5) is 0 Å². The number of alkyl halides is 1. The van der Waals surface area contributed by atoms with Crippen LogP contribution in [0.25, 0.3) is 0 Å². The average molecular weight is 422 g/mol. The Morgan fingerprint density at radius 1 is 1.17 bits per heavy atom. The van der Waals surface area contributed by atoms with Crippen LogP contribution in [-0.2, 0) is 23.9 Å². The lowest BCUT2D eigenvalue weighted by molar-refractivity contribution is -0.180. The van der Waals surface area contributed by atoms with E-state index in [1.54, 1.807) is 12.1 Å². The minimum absolute atomic E-state index is 0.207. The lowest BCUT2D eigenvalue weighted by Gasteiger charge is -2.32. The van der Waals surface area contributed by atoms with Crippen molar-refractivity contribution in [2.75, 3.05) is 7.11 Å². The van der Waals surface area contributed by atoms with E-state index >= 15 is 0 Å². The van der Waals surface area contributed by atoms with E-state index in [4.69, 9.17) is 21.1 Å². The number of methoxy groups -OCH3 is 1. The Hall–Kier alpha value is -1.60. The standard InChI is InChI=1S/C16H18BrClO6/c1-10(19)23-16(17,24-12-7-5-11(18)6-8-12)14(21)15(2,3)9-13(20)22-4/h5-8H,9H2,1-4H3. The van der Waals surface area contributed by atoms with Crippen molar-refractivity contribution in [1.82, 2.24) is 0 Å². The number of rotatable bonds is 7. The second kappa shape index (κ2) is 7.98. The van der Waals surface area contributed by atoms with E-state index in [0.29, 0.717) is 5.02 Å². The van der Waals surface area contributed by atoms with E-state index in [-0.39, 0.29) is 12.2 Å². The van der Waals surface area contributed by atoms with Gasteiger partial charge in [0, 0.05) is 33.3 Å². The molecule has 24 heavy (non-hydrogen) atoms. The number of carbonyl (C=O) groups excluding carboxylic acids is 3. The summed E-state index contributed by atoms with van der Waals surface area (Å²) in [6.07, 6.45) is -0.207. The zero-order valence-corrected chi connectivity index (χ0v) is 16.1. The molecule has 0 saturated carbocycles. The highest BCUT2D eigenvalue weighted by molar-refractivity contribution is 9.10. The summed E-state index contributed by atoms with van der Waals surface area (Å²) in [6.45, 7) is 4.19. The molecule has 0 spiro atoms. The van der Waals surface area contributed by atoms with Gasteiger partial charge < -0.3 is 14.2 Å². The Morgan fingerprint density at radius 3 is 2.17 bits per heavy atom. The van der Waals surface area contributed by atoms with Gasteiger partial charge in [0.25, 0.3) is 0 Å². The summed E-state index contributed by atoms with van der Waals surface area (Å²) >= 11 is 8.86. The average Bonchev–Trinajstić information content (AvgIpc) is 2.47. The Balaban J connectivity index is 3.13.